The van der Waals surface area contributed by atoms with Crippen molar-refractivity contribution in [2.45, 2.75) is 83.3 Å². The first-order valence-electron chi connectivity index (χ1n) is 15.4. The summed E-state index contributed by atoms with van der Waals surface area (Å²) in [7, 11) is 0. The number of aryl methyl sites for hydroxylation is 1. The van der Waals surface area contributed by atoms with Gasteiger partial charge in [-0.2, -0.15) is 4.98 Å². The summed E-state index contributed by atoms with van der Waals surface area (Å²) in [6.07, 6.45) is 8.04. The van der Waals surface area contributed by atoms with Crippen molar-refractivity contribution in [3.05, 3.63) is 81.4 Å². The summed E-state index contributed by atoms with van der Waals surface area (Å²) >= 11 is 1.37. The molecular formula is C33H41F2N7OS. The summed E-state index contributed by atoms with van der Waals surface area (Å²) in [6.45, 7) is 3.65. The molecule has 234 valence electrons. The number of hydrogen-bond acceptors (Lipinski definition) is 6. The number of amidine groups is 1. The number of piperidine rings is 1. The molecule has 1 aliphatic heterocycles. The summed E-state index contributed by atoms with van der Waals surface area (Å²) in [4.78, 5) is 20.4. The van der Waals surface area contributed by atoms with E-state index in [1.165, 1.54) is 16.3 Å². The maximum Gasteiger partial charge on any atom is 0.354 e. The van der Waals surface area contributed by atoms with Gasteiger partial charge in [-0.3, -0.25) is 9.98 Å². The van der Waals surface area contributed by atoms with Gasteiger partial charge in [0.1, 0.15) is 17.3 Å². The van der Waals surface area contributed by atoms with Crippen molar-refractivity contribution in [1.82, 2.24) is 19.9 Å². The summed E-state index contributed by atoms with van der Waals surface area (Å²) in [6, 6.07) is 11.8. The van der Waals surface area contributed by atoms with Crippen molar-refractivity contribution in [1.29, 1.82) is 5.41 Å². The Balaban J connectivity index is 1.38. The van der Waals surface area contributed by atoms with Crippen molar-refractivity contribution in [2.75, 3.05) is 5.75 Å². The number of nitrogens with one attached hydrogen (secondary N) is 3. The van der Waals surface area contributed by atoms with Gasteiger partial charge in [-0.1, -0.05) is 37.2 Å². The Labute approximate surface area is 260 Å². The number of benzene rings is 2. The Morgan fingerprint density at radius 2 is 1.98 bits per heavy atom. The molecule has 44 heavy (non-hydrogen) atoms. The van der Waals surface area contributed by atoms with E-state index in [9.17, 15) is 4.79 Å². The third kappa shape index (κ3) is 7.22. The number of aromatic nitrogens is 3. The minimum atomic E-state index is -0.602. The topological polar surface area (TPSA) is 139 Å². The molecule has 0 unspecified atom stereocenters. The molecule has 0 radical (unpaired) electrons. The second-order valence-electron chi connectivity index (χ2n) is 11.7. The van der Waals surface area contributed by atoms with Crippen molar-refractivity contribution >= 4 is 28.0 Å². The molecule has 1 aliphatic rings. The monoisotopic (exact) mass is 621 g/mol. The van der Waals surface area contributed by atoms with Gasteiger partial charge in [-0.25, -0.2) is 13.6 Å². The predicted molar refractivity (Wildman–Crippen MR) is 176 cm³/mol. The number of thioether (sulfide) groups is 1. The number of H-pyrrole nitrogens is 1. The zero-order valence-electron chi connectivity index (χ0n) is 25.3. The Bertz CT molecular complexity index is 1680. The standard InChI is InChI=1S/C33H41F2N7OS/c1-3-25-29(34)21(7-4-6-19(2)36)16-26(30(25)35)28-17-22-18-42(33(43)41-31(22)40-28)24-12-10-20(11-13-24)27-9-5-8-23(39-27)14-15-44-32(37)38/h10-13,16-19,23,27,39H,3-9,14-15,36H2,1-2H3,(H3,37,38)(H,40,41,43)/t19-,23-,27-/m0/s1. The third-order valence-corrected chi connectivity index (χ3v) is 9.15. The van der Waals surface area contributed by atoms with Crippen LogP contribution < -0.4 is 22.5 Å². The van der Waals surface area contributed by atoms with Crippen LogP contribution in [0.3, 0.4) is 0 Å². The molecule has 11 heteroatoms. The molecule has 3 atom stereocenters. The van der Waals surface area contributed by atoms with E-state index in [1.54, 1.807) is 25.3 Å². The van der Waals surface area contributed by atoms with E-state index in [1.807, 2.05) is 31.2 Å². The lowest BCUT2D eigenvalue weighted by Gasteiger charge is -2.31. The average Bonchev–Trinajstić information content (AvgIpc) is 3.40. The third-order valence-electron chi connectivity index (χ3n) is 8.40. The van der Waals surface area contributed by atoms with Gasteiger partial charge in [0.05, 0.1) is 11.4 Å². The first kappa shape index (κ1) is 31.9. The highest BCUT2D eigenvalue weighted by atomic mass is 32.2. The fourth-order valence-electron chi connectivity index (χ4n) is 6.07. The maximum absolute atomic E-state index is 15.5. The van der Waals surface area contributed by atoms with Gasteiger partial charge in [0.15, 0.2) is 5.17 Å². The summed E-state index contributed by atoms with van der Waals surface area (Å²) in [5.41, 5.74) is 14.3. The van der Waals surface area contributed by atoms with Crippen LogP contribution in [-0.4, -0.2) is 37.5 Å². The molecule has 0 spiro atoms. The molecule has 2 aromatic heterocycles. The van der Waals surface area contributed by atoms with E-state index in [2.05, 4.69) is 15.3 Å². The van der Waals surface area contributed by atoms with Gasteiger partial charge < -0.3 is 21.8 Å². The highest BCUT2D eigenvalue weighted by Crippen LogP contribution is 2.32. The fraction of sp³-hybridized carbons (Fsp3) is 0.424. The molecule has 2 aromatic carbocycles. The molecule has 0 aliphatic carbocycles. The lowest BCUT2D eigenvalue weighted by molar-refractivity contribution is 0.320. The van der Waals surface area contributed by atoms with Crippen LogP contribution in [0.25, 0.3) is 28.0 Å². The highest BCUT2D eigenvalue weighted by molar-refractivity contribution is 8.13. The van der Waals surface area contributed by atoms with Crippen molar-refractivity contribution < 1.29 is 8.78 Å². The number of fused-ring (bicyclic) bond motifs is 1. The van der Waals surface area contributed by atoms with Crippen molar-refractivity contribution in [3.63, 3.8) is 0 Å². The van der Waals surface area contributed by atoms with Crippen LogP contribution in [0.1, 0.15) is 75.1 Å². The number of nitrogens with two attached hydrogens (primary N) is 2. The van der Waals surface area contributed by atoms with E-state index >= 15 is 8.78 Å². The van der Waals surface area contributed by atoms with E-state index < -0.39 is 17.3 Å². The number of aromatic amines is 1. The molecule has 0 amide bonds. The van der Waals surface area contributed by atoms with Crippen LogP contribution in [0.4, 0.5) is 8.78 Å². The molecule has 0 saturated carbocycles. The number of nitrogens with zero attached hydrogens (tertiary/aromatic N) is 2. The minimum absolute atomic E-state index is 0.0116. The minimum Gasteiger partial charge on any atom is -0.379 e. The molecular weight excluding hydrogens is 580 g/mol. The lowest BCUT2D eigenvalue weighted by Crippen LogP contribution is -2.37. The Hall–Kier alpha value is -3.54. The Morgan fingerprint density at radius 1 is 1.20 bits per heavy atom. The molecule has 8 nitrogen and oxygen atoms in total. The van der Waals surface area contributed by atoms with E-state index in [0.717, 1.165) is 43.4 Å². The van der Waals surface area contributed by atoms with Crippen LogP contribution in [0.2, 0.25) is 0 Å². The Kier molecular flexibility index (Phi) is 10.2. The van der Waals surface area contributed by atoms with E-state index in [0.29, 0.717) is 46.9 Å². The quantitative estimate of drug-likeness (QED) is 0.101. The SMILES string of the molecule is CCc1c(F)c(CCC[C@H](C)N)cc(-c2cc3cn(-c4ccc([C@@H]5CCC[C@@H](CCSC(=N)N)N5)cc4)c(=O)nc3[nH]2)c1F. The van der Waals surface area contributed by atoms with Gasteiger partial charge in [-0.05, 0) is 87.3 Å². The number of hydrogen-bond donors (Lipinski definition) is 5. The summed E-state index contributed by atoms with van der Waals surface area (Å²) < 4.78 is 32.1. The van der Waals surface area contributed by atoms with Crippen molar-refractivity contribution in [2.24, 2.45) is 11.5 Å². The molecule has 5 rings (SSSR count). The second kappa shape index (κ2) is 14.0. The lowest BCUT2D eigenvalue weighted by atomic mass is 9.92. The largest absolute Gasteiger partial charge is 0.379 e. The molecule has 4 aromatic rings. The number of rotatable bonds is 11. The van der Waals surface area contributed by atoms with Gasteiger partial charge >= 0.3 is 5.69 Å². The second-order valence-corrected chi connectivity index (χ2v) is 12.9. The first-order chi connectivity index (χ1) is 21.1. The van der Waals surface area contributed by atoms with Gasteiger partial charge in [0.2, 0.25) is 0 Å². The highest BCUT2D eigenvalue weighted by Gasteiger charge is 2.23. The van der Waals surface area contributed by atoms with Gasteiger partial charge in [0, 0.05) is 46.6 Å². The van der Waals surface area contributed by atoms with E-state index in [4.69, 9.17) is 16.9 Å². The Morgan fingerprint density at radius 3 is 2.68 bits per heavy atom. The number of halogens is 2. The predicted octanol–water partition coefficient (Wildman–Crippen LogP) is 6.09. The van der Waals surface area contributed by atoms with Gasteiger partial charge in [-0.15, -0.1) is 0 Å². The average molecular weight is 622 g/mol. The zero-order chi connectivity index (χ0) is 31.4. The first-order valence-corrected chi connectivity index (χ1v) is 16.3. The van der Waals surface area contributed by atoms with Gasteiger partial charge in [0.25, 0.3) is 0 Å². The summed E-state index contributed by atoms with van der Waals surface area (Å²) in [5.74, 6) is -0.281. The molecule has 1 fully saturated rings. The van der Waals surface area contributed by atoms with Crippen LogP contribution in [0.15, 0.2) is 47.4 Å². The fourth-order valence-corrected chi connectivity index (χ4v) is 6.69. The zero-order valence-corrected chi connectivity index (χ0v) is 26.1. The molecule has 0 bridgehead atoms. The molecule has 7 N–H and O–H groups in total. The summed E-state index contributed by atoms with van der Waals surface area (Å²) in [5, 5.41) is 11.9. The smallest absolute Gasteiger partial charge is 0.354 e. The molecule has 3 heterocycles. The van der Waals surface area contributed by atoms with Crippen LogP contribution >= 0.6 is 11.8 Å². The van der Waals surface area contributed by atoms with Crippen LogP contribution in [-0.2, 0) is 12.8 Å². The maximum atomic E-state index is 15.5. The molecule has 1 saturated heterocycles. The van der Waals surface area contributed by atoms with Crippen LogP contribution in [0, 0.1) is 17.0 Å². The van der Waals surface area contributed by atoms with Crippen molar-refractivity contribution in [3.8, 4) is 16.9 Å². The normalized spacial score (nSPS) is 17.7. The van der Waals surface area contributed by atoms with E-state index in [-0.39, 0.29) is 34.8 Å². The van der Waals surface area contributed by atoms with Crippen LogP contribution in [0.5, 0.6) is 0 Å².